The van der Waals surface area contributed by atoms with Crippen molar-refractivity contribution in [3.63, 3.8) is 0 Å². The third-order valence-corrected chi connectivity index (χ3v) is 5.97. The van der Waals surface area contributed by atoms with Crippen molar-refractivity contribution < 1.29 is 0 Å². The number of rotatable bonds is 1. The molecular formula is C13H15NOSe. The Morgan fingerprint density at radius 3 is 2.62 bits per heavy atom. The minimum atomic E-state index is 0.232. The van der Waals surface area contributed by atoms with Crippen LogP contribution >= 0.6 is 0 Å². The summed E-state index contributed by atoms with van der Waals surface area (Å²) in [5, 5.41) is 0.952. The van der Waals surface area contributed by atoms with Crippen LogP contribution in [-0.4, -0.2) is 18.3 Å². The average Bonchev–Trinajstić information content (AvgIpc) is 2.69. The number of hydrogen-bond donors (Lipinski definition) is 0. The van der Waals surface area contributed by atoms with E-state index in [4.69, 9.17) is 0 Å². The second-order valence-corrected chi connectivity index (χ2v) is 6.64. The van der Waals surface area contributed by atoms with Gasteiger partial charge in [0.2, 0.25) is 0 Å². The number of aromatic nitrogens is 1. The molecule has 1 fully saturated rings. The third-order valence-electron chi connectivity index (χ3n) is 3.42. The first kappa shape index (κ1) is 10.4. The van der Waals surface area contributed by atoms with Crippen molar-refractivity contribution in [1.29, 1.82) is 0 Å². The van der Waals surface area contributed by atoms with Gasteiger partial charge in [0.05, 0.1) is 0 Å². The van der Waals surface area contributed by atoms with E-state index >= 15 is 0 Å². The SMILES string of the molecule is O=c1c2ccccc2[se]n1C1CCCCC1. The summed E-state index contributed by atoms with van der Waals surface area (Å²) >= 11 is 0.232. The van der Waals surface area contributed by atoms with Crippen LogP contribution in [0.25, 0.3) is 9.65 Å². The second-order valence-electron chi connectivity index (χ2n) is 4.51. The van der Waals surface area contributed by atoms with Crippen LogP contribution in [0, 0.1) is 0 Å². The molecule has 0 unspecified atom stereocenters. The summed E-state index contributed by atoms with van der Waals surface area (Å²) in [6.07, 6.45) is 6.35. The quantitative estimate of drug-likeness (QED) is 0.736. The van der Waals surface area contributed by atoms with Crippen LogP contribution in [0.4, 0.5) is 0 Å². The first-order valence-electron chi connectivity index (χ1n) is 5.97. The molecule has 0 saturated heterocycles. The van der Waals surface area contributed by atoms with Crippen molar-refractivity contribution in [3.8, 4) is 0 Å². The molecule has 2 nitrogen and oxygen atoms in total. The third kappa shape index (κ3) is 1.68. The molecule has 0 atom stereocenters. The van der Waals surface area contributed by atoms with Gasteiger partial charge in [-0.2, -0.15) is 0 Å². The fourth-order valence-corrected chi connectivity index (χ4v) is 4.95. The Morgan fingerprint density at radius 2 is 1.88 bits per heavy atom. The van der Waals surface area contributed by atoms with E-state index < -0.39 is 0 Å². The Bertz CT molecular complexity index is 548. The van der Waals surface area contributed by atoms with Crippen molar-refractivity contribution in [2.24, 2.45) is 0 Å². The van der Waals surface area contributed by atoms with Crippen LogP contribution < -0.4 is 5.56 Å². The zero-order valence-corrected chi connectivity index (χ0v) is 10.9. The number of nitrogens with zero attached hydrogens (tertiary/aromatic N) is 1. The maximum atomic E-state index is 12.2. The molecule has 1 aromatic heterocycles. The molecule has 0 bridgehead atoms. The fraction of sp³-hybridized carbons (Fsp3) is 0.462. The van der Waals surface area contributed by atoms with Gasteiger partial charge in [-0.05, 0) is 0 Å². The van der Waals surface area contributed by atoms with Crippen LogP contribution in [-0.2, 0) is 0 Å². The van der Waals surface area contributed by atoms with Gasteiger partial charge in [0, 0.05) is 0 Å². The summed E-state index contributed by atoms with van der Waals surface area (Å²) in [4.78, 5) is 12.2. The van der Waals surface area contributed by atoms with E-state index in [-0.39, 0.29) is 20.3 Å². The van der Waals surface area contributed by atoms with Crippen molar-refractivity contribution in [2.45, 2.75) is 38.1 Å². The minimum absolute atomic E-state index is 0.232. The molecule has 0 aliphatic heterocycles. The average molecular weight is 280 g/mol. The summed E-state index contributed by atoms with van der Waals surface area (Å²) in [7, 11) is 0. The molecule has 84 valence electrons. The molecular weight excluding hydrogens is 265 g/mol. The van der Waals surface area contributed by atoms with Crippen molar-refractivity contribution in [3.05, 3.63) is 34.6 Å². The van der Waals surface area contributed by atoms with Gasteiger partial charge in [-0.15, -0.1) is 0 Å². The molecule has 3 heteroatoms. The summed E-state index contributed by atoms with van der Waals surface area (Å²) in [5.41, 5.74) is 0.280. The van der Waals surface area contributed by atoms with Gasteiger partial charge in [0.25, 0.3) is 0 Å². The topological polar surface area (TPSA) is 22.0 Å². The van der Waals surface area contributed by atoms with E-state index in [9.17, 15) is 4.79 Å². The molecule has 1 aromatic carbocycles. The van der Waals surface area contributed by atoms with E-state index in [1.54, 1.807) is 0 Å². The van der Waals surface area contributed by atoms with E-state index in [0.29, 0.717) is 6.04 Å². The Morgan fingerprint density at radius 1 is 1.12 bits per heavy atom. The number of fused-ring (bicyclic) bond motifs is 1. The molecule has 2 aromatic rings. The van der Waals surface area contributed by atoms with E-state index in [1.807, 2.05) is 18.2 Å². The van der Waals surface area contributed by atoms with Crippen LogP contribution in [0.1, 0.15) is 38.1 Å². The first-order valence-corrected chi connectivity index (χ1v) is 7.59. The van der Waals surface area contributed by atoms with Gasteiger partial charge in [-0.3, -0.25) is 0 Å². The van der Waals surface area contributed by atoms with Gasteiger partial charge in [-0.25, -0.2) is 0 Å². The molecule has 1 aliphatic carbocycles. The molecule has 16 heavy (non-hydrogen) atoms. The van der Waals surface area contributed by atoms with Crippen molar-refractivity contribution >= 4 is 24.4 Å². The molecule has 0 N–H and O–H groups in total. The molecule has 1 aliphatic rings. The van der Waals surface area contributed by atoms with Crippen molar-refractivity contribution in [1.82, 2.24) is 3.56 Å². The molecule has 1 heterocycles. The van der Waals surface area contributed by atoms with Crippen molar-refractivity contribution in [2.75, 3.05) is 0 Å². The van der Waals surface area contributed by atoms with E-state index in [2.05, 4.69) is 9.63 Å². The first-order chi connectivity index (χ1) is 7.86. The van der Waals surface area contributed by atoms with Crippen LogP contribution in [0.15, 0.2) is 29.1 Å². The Kier molecular flexibility index (Phi) is 2.74. The predicted molar refractivity (Wildman–Crippen MR) is 67.3 cm³/mol. The monoisotopic (exact) mass is 281 g/mol. The van der Waals surface area contributed by atoms with Gasteiger partial charge < -0.3 is 0 Å². The van der Waals surface area contributed by atoms with E-state index in [0.717, 1.165) is 5.39 Å². The Labute approximate surface area is 101 Å². The normalized spacial score (nSPS) is 18.0. The Hall–Kier alpha value is -0.791. The molecule has 1 saturated carbocycles. The van der Waals surface area contributed by atoms with Crippen LogP contribution in [0.3, 0.4) is 0 Å². The standard InChI is InChI=1S/C13H15NOSe/c15-13-11-8-4-5-9-12(11)16-14(13)10-6-2-1-3-7-10/h4-5,8-10H,1-3,6-7H2. The zero-order chi connectivity index (χ0) is 11.0. The predicted octanol–water partition coefficient (Wildman–Crippen LogP) is 2.56. The van der Waals surface area contributed by atoms with Gasteiger partial charge in [0.1, 0.15) is 0 Å². The zero-order valence-electron chi connectivity index (χ0n) is 9.19. The summed E-state index contributed by atoms with van der Waals surface area (Å²) in [5.74, 6) is 0. The summed E-state index contributed by atoms with van der Waals surface area (Å²) < 4.78 is 3.42. The molecule has 0 amide bonds. The maximum absolute atomic E-state index is 12.2. The molecule has 0 radical (unpaired) electrons. The van der Waals surface area contributed by atoms with Crippen LogP contribution in [0.5, 0.6) is 0 Å². The molecule has 3 rings (SSSR count). The number of hydrogen-bond acceptors (Lipinski definition) is 1. The number of benzene rings is 1. The fourth-order valence-electron chi connectivity index (χ4n) is 2.54. The Balaban J connectivity index is 2.09. The van der Waals surface area contributed by atoms with E-state index in [1.165, 1.54) is 36.4 Å². The summed E-state index contributed by atoms with van der Waals surface area (Å²) in [6, 6.07) is 8.61. The van der Waals surface area contributed by atoms with Crippen LogP contribution in [0.2, 0.25) is 0 Å². The second kappa shape index (κ2) is 4.23. The summed E-state index contributed by atoms with van der Waals surface area (Å²) in [6.45, 7) is 0. The van der Waals surface area contributed by atoms with Gasteiger partial charge in [0.15, 0.2) is 0 Å². The van der Waals surface area contributed by atoms with Gasteiger partial charge in [-0.1, -0.05) is 0 Å². The van der Waals surface area contributed by atoms with Gasteiger partial charge >= 0.3 is 101 Å². The molecule has 0 spiro atoms.